The Balaban J connectivity index is 3.40. The van der Waals surface area contributed by atoms with E-state index < -0.39 is 18.1 Å². The van der Waals surface area contributed by atoms with Crippen LogP contribution in [0.2, 0.25) is 5.02 Å². The van der Waals surface area contributed by atoms with Crippen molar-refractivity contribution in [3.63, 3.8) is 0 Å². The van der Waals surface area contributed by atoms with Crippen LogP contribution >= 0.6 is 11.6 Å². The zero-order chi connectivity index (χ0) is 10.7. The molecule has 1 aromatic carbocycles. The van der Waals surface area contributed by atoms with Crippen LogP contribution in [0.4, 0.5) is 5.69 Å². The molecule has 0 amide bonds. The van der Waals surface area contributed by atoms with E-state index in [1.54, 1.807) is 0 Å². The number of nitro benzene ring substituents is 1. The largest absolute Gasteiger partial charge is 0.391 e. The highest BCUT2D eigenvalue weighted by molar-refractivity contribution is 6.30. The van der Waals surface area contributed by atoms with E-state index in [4.69, 9.17) is 21.8 Å². The maximum atomic E-state index is 10.6. The predicted molar refractivity (Wildman–Crippen MR) is 50.0 cm³/mol. The van der Waals surface area contributed by atoms with Gasteiger partial charge >= 0.3 is 0 Å². The van der Waals surface area contributed by atoms with Gasteiger partial charge in [0.25, 0.3) is 5.69 Å². The van der Waals surface area contributed by atoms with E-state index >= 15 is 0 Å². The van der Waals surface area contributed by atoms with Crippen molar-refractivity contribution >= 4 is 17.3 Å². The highest BCUT2D eigenvalue weighted by Gasteiger charge is 2.19. The highest BCUT2D eigenvalue weighted by atomic mass is 35.5. The Morgan fingerprint density at radius 3 is 2.00 bits per heavy atom. The zero-order valence-corrected chi connectivity index (χ0v) is 7.86. The molecule has 14 heavy (non-hydrogen) atoms. The minimum Gasteiger partial charge on any atom is -0.391 e. The summed E-state index contributed by atoms with van der Waals surface area (Å²) in [6, 6.07) is 2.61. The summed E-state index contributed by atoms with van der Waals surface area (Å²) < 4.78 is 0. The number of aliphatic hydroxyl groups is 2. The van der Waals surface area contributed by atoms with E-state index in [9.17, 15) is 10.1 Å². The van der Waals surface area contributed by atoms with Crippen LogP contribution in [0.5, 0.6) is 0 Å². The molecule has 0 radical (unpaired) electrons. The molecule has 76 valence electrons. The molecule has 0 aromatic heterocycles. The van der Waals surface area contributed by atoms with Crippen molar-refractivity contribution in [1.29, 1.82) is 0 Å². The van der Waals surface area contributed by atoms with Gasteiger partial charge in [0.05, 0.1) is 29.3 Å². The first-order valence-corrected chi connectivity index (χ1v) is 4.15. The molecule has 0 unspecified atom stereocenters. The van der Waals surface area contributed by atoms with E-state index in [-0.39, 0.29) is 21.8 Å². The minimum atomic E-state index is -0.645. The van der Waals surface area contributed by atoms with Gasteiger partial charge in [0.15, 0.2) is 0 Å². The van der Waals surface area contributed by atoms with Crippen LogP contribution in [0.15, 0.2) is 12.1 Å². The summed E-state index contributed by atoms with van der Waals surface area (Å²) in [5.74, 6) is 0. The zero-order valence-electron chi connectivity index (χ0n) is 7.11. The lowest BCUT2D eigenvalue weighted by Crippen LogP contribution is -2.01. The Morgan fingerprint density at radius 1 is 1.29 bits per heavy atom. The molecule has 5 nitrogen and oxygen atoms in total. The standard InChI is InChI=1S/C8H8ClNO4/c9-7-1-5(3-11)8(10(13)14)6(2-7)4-12/h1-2,11-12H,3-4H2. The molecule has 0 saturated heterocycles. The lowest BCUT2D eigenvalue weighted by Gasteiger charge is -2.04. The Hall–Kier alpha value is -1.17. The van der Waals surface area contributed by atoms with Crippen molar-refractivity contribution in [1.82, 2.24) is 0 Å². The van der Waals surface area contributed by atoms with Crippen LogP contribution in [0.3, 0.4) is 0 Å². The SMILES string of the molecule is O=[N+]([O-])c1c(CO)cc(Cl)cc1CO. The van der Waals surface area contributed by atoms with Gasteiger partial charge in [-0.3, -0.25) is 10.1 Å². The summed E-state index contributed by atoms with van der Waals surface area (Å²) in [6.45, 7) is -0.965. The molecule has 0 fully saturated rings. The van der Waals surface area contributed by atoms with Crippen LogP contribution in [0.25, 0.3) is 0 Å². The van der Waals surface area contributed by atoms with Gasteiger partial charge in [0.1, 0.15) is 0 Å². The Morgan fingerprint density at radius 2 is 1.71 bits per heavy atom. The first-order valence-electron chi connectivity index (χ1n) is 3.77. The number of rotatable bonds is 3. The maximum absolute atomic E-state index is 10.6. The molecule has 0 aliphatic rings. The molecule has 1 rings (SSSR count). The molecule has 0 atom stereocenters. The molecular weight excluding hydrogens is 210 g/mol. The van der Waals surface area contributed by atoms with Crippen LogP contribution in [-0.4, -0.2) is 15.1 Å². The minimum absolute atomic E-state index is 0.103. The van der Waals surface area contributed by atoms with Crippen LogP contribution in [0, 0.1) is 10.1 Å². The first-order chi connectivity index (χ1) is 6.60. The molecule has 2 N–H and O–H groups in total. The Bertz CT molecular complexity index is 341. The Kier molecular flexibility index (Phi) is 3.40. The van der Waals surface area contributed by atoms with Gasteiger partial charge in [-0.05, 0) is 12.1 Å². The lowest BCUT2D eigenvalue weighted by atomic mass is 10.1. The van der Waals surface area contributed by atoms with Gasteiger partial charge in [-0.25, -0.2) is 0 Å². The molecule has 0 bridgehead atoms. The number of nitrogens with zero attached hydrogens (tertiary/aromatic N) is 1. The van der Waals surface area contributed by atoms with Crippen molar-refractivity contribution in [2.75, 3.05) is 0 Å². The second-order valence-corrected chi connectivity index (χ2v) is 3.08. The van der Waals surface area contributed by atoms with Crippen molar-refractivity contribution < 1.29 is 15.1 Å². The van der Waals surface area contributed by atoms with Gasteiger partial charge in [-0.15, -0.1) is 0 Å². The molecular formula is C8H8ClNO4. The second kappa shape index (κ2) is 4.36. The third-order valence-electron chi connectivity index (χ3n) is 1.76. The second-order valence-electron chi connectivity index (χ2n) is 2.65. The summed E-state index contributed by atoms with van der Waals surface area (Å²) in [4.78, 5) is 9.97. The number of hydrogen-bond acceptors (Lipinski definition) is 4. The molecule has 0 aliphatic heterocycles. The van der Waals surface area contributed by atoms with E-state index in [2.05, 4.69) is 0 Å². The van der Waals surface area contributed by atoms with Gasteiger partial charge in [-0.1, -0.05) is 11.6 Å². The van der Waals surface area contributed by atoms with E-state index in [1.165, 1.54) is 12.1 Å². The van der Waals surface area contributed by atoms with E-state index in [1.807, 2.05) is 0 Å². The molecule has 6 heteroatoms. The van der Waals surface area contributed by atoms with Gasteiger partial charge in [0.2, 0.25) is 0 Å². The number of aliphatic hydroxyl groups excluding tert-OH is 2. The summed E-state index contributed by atoms with van der Waals surface area (Å²) in [6.07, 6.45) is 0. The third-order valence-corrected chi connectivity index (χ3v) is 1.97. The fourth-order valence-electron chi connectivity index (χ4n) is 1.19. The monoisotopic (exact) mass is 217 g/mol. The number of hydrogen-bond donors (Lipinski definition) is 2. The molecule has 0 heterocycles. The van der Waals surface area contributed by atoms with Gasteiger partial charge in [-0.2, -0.15) is 0 Å². The average molecular weight is 218 g/mol. The van der Waals surface area contributed by atoms with Crippen molar-refractivity contribution in [2.45, 2.75) is 13.2 Å². The summed E-state index contributed by atoms with van der Waals surface area (Å²) in [7, 11) is 0. The lowest BCUT2D eigenvalue weighted by molar-refractivity contribution is -0.386. The van der Waals surface area contributed by atoms with Crippen LogP contribution < -0.4 is 0 Å². The van der Waals surface area contributed by atoms with Crippen molar-refractivity contribution in [3.05, 3.63) is 38.4 Å². The molecule has 0 aliphatic carbocycles. The quantitative estimate of drug-likeness (QED) is 0.589. The molecule has 1 aromatic rings. The highest BCUT2D eigenvalue weighted by Crippen LogP contribution is 2.28. The van der Waals surface area contributed by atoms with Gasteiger partial charge in [0, 0.05) is 5.02 Å². The molecule has 0 saturated carbocycles. The summed E-state index contributed by atoms with van der Waals surface area (Å²) in [5.41, 5.74) is -0.0718. The van der Waals surface area contributed by atoms with E-state index in [0.29, 0.717) is 0 Å². The van der Waals surface area contributed by atoms with Crippen molar-refractivity contribution in [3.8, 4) is 0 Å². The fourth-order valence-corrected chi connectivity index (χ4v) is 1.46. The average Bonchev–Trinajstić information content (AvgIpc) is 2.15. The van der Waals surface area contributed by atoms with E-state index in [0.717, 1.165) is 0 Å². The maximum Gasteiger partial charge on any atom is 0.280 e. The van der Waals surface area contributed by atoms with Gasteiger partial charge < -0.3 is 10.2 Å². The smallest absolute Gasteiger partial charge is 0.280 e. The number of halogens is 1. The number of nitro groups is 1. The third kappa shape index (κ3) is 2.01. The summed E-state index contributed by atoms with van der Waals surface area (Å²) >= 11 is 5.64. The normalized spacial score (nSPS) is 10.2. The summed E-state index contributed by atoms with van der Waals surface area (Å²) in [5, 5.41) is 28.6. The van der Waals surface area contributed by atoms with Crippen LogP contribution in [-0.2, 0) is 13.2 Å². The fraction of sp³-hybridized carbons (Fsp3) is 0.250. The Labute approximate surface area is 84.7 Å². The predicted octanol–water partition coefficient (Wildman–Crippen LogP) is 1.23. The topological polar surface area (TPSA) is 83.6 Å². The molecule has 0 spiro atoms. The number of benzene rings is 1. The van der Waals surface area contributed by atoms with Crippen molar-refractivity contribution in [2.24, 2.45) is 0 Å². The first kappa shape index (κ1) is 10.9. The van der Waals surface area contributed by atoms with Crippen LogP contribution in [0.1, 0.15) is 11.1 Å².